The molecule has 0 spiro atoms. The Bertz CT molecular complexity index is 619. The lowest BCUT2D eigenvalue weighted by Gasteiger charge is -2.36. The normalized spacial score (nSPS) is 17.2. The second kappa shape index (κ2) is 5.41. The minimum atomic E-state index is -3.18. The first-order valence-electron chi connectivity index (χ1n) is 6.33. The second-order valence-electron chi connectivity index (χ2n) is 4.93. The Balaban J connectivity index is 2.25. The number of hydrogen-bond donors (Lipinski definition) is 1. The van der Waals surface area contributed by atoms with Gasteiger partial charge in [0.05, 0.1) is 17.5 Å². The van der Waals surface area contributed by atoms with Crippen LogP contribution in [0.25, 0.3) is 0 Å². The number of sulfonamides is 1. The number of aryl methyl sites for hydroxylation is 1. The number of rotatable bonds is 3. The van der Waals surface area contributed by atoms with Crippen LogP contribution in [0.5, 0.6) is 0 Å². The van der Waals surface area contributed by atoms with E-state index in [-0.39, 0.29) is 5.56 Å². The molecule has 1 aliphatic rings. The molecule has 0 bridgehead atoms. The van der Waals surface area contributed by atoms with Gasteiger partial charge in [0, 0.05) is 26.2 Å². The third-order valence-corrected chi connectivity index (χ3v) is 4.80. The summed E-state index contributed by atoms with van der Waals surface area (Å²) >= 11 is 0. The molecule has 1 saturated heterocycles. The molecule has 0 radical (unpaired) electrons. The van der Waals surface area contributed by atoms with E-state index in [1.54, 1.807) is 12.1 Å². The highest BCUT2D eigenvalue weighted by molar-refractivity contribution is 7.88. The van der Waals surface area contributed by atoms with Crippen molar-refractivity contribution in [3.63, 3.8) is 0 Å². The SMILES string of the molecule is Cc1cccc(C(=O)O)c1N1CCN(S(C)(=O)=O)CC1. The Hall–Kier alpha value is -1.60. The standard InChI is InChI=1S/C13H18N2O4S/c1-10-4-3-5-11(13(16)17)12(10)14-6-8-15(9-7-14)20(2,18)19/h3-5H,6-9H2,1-2H3,(H,16,17). The van der Waals surface area contributed by atoms with E-state index < -0.39 is 16.0 Å². The van der Waals surface area contributed by atoms with Gasteiger partial charge in [-0.3, -0.25) is 0 Å². The molecule has 7 heteroatoms. The fourth-order valence-electron chi connectivity index (χ4n) is 2.49. The number of carboxylic acids is 1. The Morgan fingerprint density at radius 3 is 2.30 bits per heavy atom. The van der Waals surface area contributed by atoms with E-state index >= 15 is 0 Å². The second-order valence-corrected chi connectivity index (χ2v) is 6.91. The Morgan fingerprint density at radius 1 is 1.20 bits per heavy atom. The number of anilines is 1. The van der Waals surface area contributed by atoms with Gasteiger partial charge in [-0.05, 0) is 18.6 Å². The van der Waals surface area contributed by atoms with Crippen molar-refractivity contribution in [3.05, 3.63) is 29.3 Å². The molecule has 20 heavy (non-hydrogen) atoms. The minimum absolute atomic E-state index is 0.262. The van der Waals surface area contributed by atoms with Crippen LogP contribution in [0.3, 0.4) is 0 Å². The van der Waals surface area contributed by atoms with Crippen LogP contribution >= 0.6 is 0 Å². The molecular formula is C13H18N2O4S. The van der Waals surface area contributed by atoms with Gasteiger partial charge in [-0.1, -0.05) is 12.1 Å². The van der Waals surface area contributed by atoms with Crippen molar-refractivity contribution in [2.45, 2.75) is 6.92 Å². The van der Waals surface area contributed by atoms with Crippen molar-refractivity contribution in [1.82, 2.24) is 4.31 Å². The molecule has 0 atom stereocenters. The van der Waals surface area contributed by atoms with Crippen LogP contribution in [0.15, 0.2) is 18.2 Å². The minimum Gasteiger partial charge on any atom is -0.478 e. The van der Waals surface area contributed by atoms with E-state index in [0.29, 0.717) is 31.9 Å². The molecule has 0 amide bonds. The predicted molar refractivity (Wildman–Crippen MR) is 76.8 cm³/mol. The van der Waals surface area contributed by atoms with Crippen LogP contribution in [0.2, 0.25) is 0 Å². The highest BCUT2D eigenvalue weighted by Gasteiger charge is 2.26. The first-order valence-corrected chi connectivity index (χ1v) is 8.18. The molecule has 0 aromatic heterocycles. The van der Waals surface area contributed by atoms with Crippen LogP contribution in [-0.4, -0.2) is 56.2 Å². The molecule has 110 valence electrons. The van der Waals surface area contributed by atoms with Gasteiger partial charge in [0.1, 0.15) is 0 Å². The van der Waals surface area contributed by atoms with Gasteiger partial charge in [-0.2, -0.15) is 4.31 Å². The molecule has 6 nitrogen and oxygen atoms in total. The summed E-state index contributed by atoms with van der Waals surface area (Å²) in [6.07, 6.45) is 1.19. The smallest absolute Gasteiger partial charge is 0.337 e. The average Bonchev–Trinajstić information content (AvgIpc) is 2.37. The van der Waals surface area contributed by atoms with Crippen LogP contribution < -0.4 is 4.90 Å². The summed E-state index contributed by atoms with van der Waals surface area (Å²) in [6, 6.07) is 5.16. The maximum atomic E-state index is 11.5. The van der Waals surface area contributed by atoms with Gasteiger partial charge in [0.25, 0.3) is 0 Å². The summed E-state index contributed by atoms with van der Waals surface area (Å²) < 4.78 is 24.4. The highest BCUT2D eigenvalue weighted by Crippen LogP contribution is 2.26. The lowest BCUT2D eigenvalue weighted by molar-refractivity contribution is 0.0697. The van der Waals surface area contributed by atoms with Crippen molar-refractivity contribution in [2.75, 3.05) is 37.3 Å². The fraction of sp³-hybridized carbons (Fsp3) is 0.462. The van der Waals surface area contributed by atoms with Crippen LogP contribution in [0.1, 0.15) is 15.9 Å². The van der Waals surface area contributed by atoms with Crippen LogP contribution in [0.4, 0.5) is 5.69 Å². The maximum Gasteiger partial charge on any atom is 0.337 e. The predicted octanol–water partition coefficient (Wildman–Crippen LogP) is 0.775. The topological polar surface area (TPSA) is 77.9 Å². The van der Waals surface area contributed by atoms with Gasteiger partial charge in [-0.25, -0.2) is 13.2 Å². The van der Waals surface area contributed by atoms with E-state index in [9.17, 15) is 18.3 Å². The zero-order chi connectivity index (χ0) is 14.9. The number of piperazine rings is 1. The molecule has 1 aromatic carbocycles. The van der Waals surface area contributed by atoms with E-state index in [1.165, 1.54) is 10.6 Å². The molecule has 1 N–H and O–H groups in total. The number of carbonyl (C=O) groups is 1. The van der Waals surface area contributed by atoms with Crippen LogP contribution in [-0.2, 0) is 10.0 Å². The maximum absolute atomic E-state index is 11.5. The molecule has 0 saturated carbocycles. The third-order valence-electron chi connectivity index (χ3n) is 3.49. The van der Waals surface area contributed by atoms with Gasteiger partial charge in [-0.15, -0.1) is 0 Å². The molecular weight excluding hydrogens is 280 g/mol. The van der Waals surface area contributed by atoms with Gasteiger partial charge in [0.15, 0.2) is 0 Å². The van der Waals surface area contributed by atoms with Crippen molar-refractivity contribution in [3.8, 4) is 0 Å². The summed E-state index contributed by atoms with van der Waals surface area (Å²) in [4.78, 5) is 13.3. The summed E-state index contributed by atoms with van der Waals surface area (Å²) in [5, 5.41) is 9.27. The fourth-order valence-corrected chi connectivity index (χ4v) is 3.32. The molecule has 0 aliphatic carbocycles. The van der Waals surface area contributed by atoms with E-state index in [4.69, 9.17) is 0 Å². The summed E-state index contributed by atoms with van der Waals surface area (Å²) in [5.74, 6) is -0.964. The molecule has 1 aliphatic heterocycles. The summed E-state index contributed by atoms with van der Waals surface area (Å²) in [5.41, 5.74) is 1.84. The number of para-hydroxylation sites is 1. The Kier molecular flexibility index (Phi) is 4.01. The van der Waals surface area contributed by atoms with Gasteiger partial charge >= 0.3 is 5.97 Å². The number of hydrogen-bond acceptors (Lipinski definition) is 4. The van der Waals surface area contributed by atoms with Crippen molar-refractivity contribution in [1.29, 1.82) is 0 Å². The Labute approximate surface area is 118 Å². The zero-order valence-electron chi connectivity index (χ0n) is 11.5. The highest BCUT2D eigenvalue weighted by atomic mass is 32.2. The number of benzene rings is 1. The van der Waals surface area contributed by atoms with Gasteiger partial charge < -0.3 is 10.0 Å². The summed E-state index contributed by atoms with van der Waals surface area (Å²) in [6.45, 7) is 3.62. The zero-order valence-corrected chi connectivity index (χ0v) is 12.4. The van der Waals surface area contributed by atoms with E-state index in [2.05, 4.69) is 0 Å². The average molecular weight is 298 g/mol. The van der Waals surface area contributed by atoms with Crippen molar-refractivity contribution < 1.29 is 18.3 Å². The van der Waals surface area contributed by atoms with Gasteiger partial charge in [0.2, 0.25) is 10.0 Å². The quantitative estimate of drug-likeness (QED) is 0.892. The molecule has 1 fully saturated rings. The number of nitrogens with zero attached hydrogens (tertiary/aromatic N) is 2. The molecule has 2 rings (SSSR count). The molecule has 1 heterocycles. The lowest BCUT2D eigenvalue weighted by atomic mass is 10.1. The third kappa shape index (κ3) is 2.94. The Morgan fingerprint density at radius 2 is 1.80 bits per heavy atom. The van der Waals surface area contributed by atoms with Crippen molar-refractivity contribution >= 4 is 21.7 Å². The monoisotopic (exact) mass is 298 g/mol. The molecule has 0 unspecified atom stereocenters. The summed E-state index contributed by atoms with van der Waals surface area (Å²) in [7, 11) is -3.18. The first kappa shape index (κ1) is 14.8. The number of carboxylic acid groups (broad SMARTS) is 1. The van der Waals surface area contributed by atoms with E-state index in [0.717, 1.165) is 5.56 Å². The van der Waals surface area contributed by atoms with Crippen LogP contribution in [0, 0.1) is 6.92 Å². The van der Waals surface area contributed by atoms with Crippen molar-refractivity contribution in [2.24, 2.45) is 0 Å². The largest absolute Gasteiger partial charge is 0.478 e. The van der Waals surface area contributed by atoms with E-state index in [1.807, 2.05) is 17.9 Å². The molecule has 1 aromatic rings. The first-order chi connectivity index (χ1) is 9.30. The lowest BCUT2D eigenvalue weighted by Crippen LogP contribution is -2.48. The number of aromatic carboxylic acids is 1.